The predicted octanol–water partition coefficient (Wildman–Crippen LogP) is 2.40. The van der Waals surface area contributed by atoms with E-state index in [1.807, 2.05) is 0 Å². The van der Waals surface area contributed by atoms with E-state index in [1.54, 1.807) is 11.3 Å². The van der Waals surface area contributed by atoms with Crippen LogP contribution >= 0.6 is 11.3 Å². The summed E-state index contributed by atoms with van der Waals surface area (Å²) in [5.74, 6) is 0.395. The Balaban J connectivity index is 2.12. The van der Waals surface area contributed by atoms with Gasteiger partial charge < -0.3 is 10.4 Å². The minimum Gasteiger partial charge on any atom is -0.388 e. The molecule has 0 aromatic carbocycles. The molecule has 2 nitrogen and oxygen atoms in total. The molecule has 2 heterocycles. The highest BCUT2D eigenvalue weighted by Gasteiger charge is 2.24. The van der Waals surface area contributed by atoms with Gasteiger partial charge in [0.25, 0.3) is 0 Å². The van der Waals surface area contributed by atoms with Crippen molar-refractivity contribution in [1.29, 1.82) is 0 Å². The van der Waals surface area contributed by atoms with Crippen molar-refractivity contribution in [3.8, 4) is 0 Å². The lowest BCUT2D eigenvalue weighted by Crippen LogP contribution is -2.33. The van der Waals surface area contributed by atoms with E-state index < -0.39 is 0 Å². The van der Waals surface area contributed by atoms with E-state index in [4.69, 9.17) is 0 Å². The maximum absolute atomic E-state index is 10.3. The van der Waals surface area contributed by atoms with E-state index in [9.17, 15) is 5.11 Å². The fraction of sp³-hybridized carbons (Fsp3) is 0.667. The normalized spacial score (nSPS) is 24.1. The Morgan fingerprint density at radius 2 is 2.33 bits per heavy atom. The van der Waals surface area contributed by atoms with Crippen molar-refractivity contribution in [1.82, 2.24) is 5.32 Å². The van der Waals surface area contributed by atoms with Crippen molar-refractivity contribution < 1.29 is 5.11 Å². The Morgan fingerprint density at radius 3 is 2.87 bits per heavy atom. The molecule has 1 aromatic heterocycles. The van der Waals surface area contributed by atoms with Crippen molar-refractivity contribution in [2.24, 2.45) is 5.92 Å². The molecule has 2 atom stereocenters. The highest BCUT2D eigenvalue weighted by Crippen LogP contribution is 2.33. The molecule has 3 heteroatoms. The molecule has 2 unspecified atom stereocenters. The number of aliphatic hydroxyl groups excluding tert-OH is 1. The Morgan fingerprint density at radius 1 is 1.53 bits per heavy atom. The first-order chi connectivity index (χ1) is 7.18. The first-order valence-electron chi connectivity index (χ1n) is 5.64. The van der Waals surface area contributed by atoms with Crippen LogP contribution in [0, 0.1) is 19.8 Å². The van der Waals surface area contributed by atoms with Crippen LogP contribution in [0.4, 0.5) is 0 Å². The summed E-state index contributed by atoms with van der Waals surface area (Å²) in [4.78, 5) is 2.57. The highest BCUT2D eigenvalue weighted by atomic mass is 32.1. The minimum absolute atomic E-state index is 0.275. The summed E-state index contributed by atoms with van der Waals surface area (Å²) < 4.78 is 0. The number of piperidine rings is 1. The van der Waals surface area contributed by atoms with Gasteiger partial charge in [-0.25, -0.2) is 0 Å². The van der Waals surface area contributed by atoms with Gasteiger partial charge in [-0.05, 0) is 44.9 Å². The lowest BCUT2D eigenvalue weighted by molar-refractivity contribution is 0.0920. The van der Waals surface area contributed by atoms with Crippen LogP contribution in [0.2, 0.25) is 0 Å². The Kier molecular flexibility index (Phi) is 3.44. The molecular weight excluding hydrogens is 206 g/mol. The van der Waals surface area contributed by atoms with E-state index in [0.29, 0.717) is 5.92 Å². The van der Waals surface area contributed by atoms with Gasteiger partial charge in [0, 0.05) is 22.2 Å². The van der Waals surface area contributed by atoms with E-state index in [0.717, 1.165) is 25.1 Å². The Hall–Kier alpha value is -0.380. The topological polar surface area (TPSA) is 32.3 Å². The fourth-order valence-corrected chi connectivity index (χ4v) is 3.31. The molecule has 2 N–H and O–H groups in total. The number of hydrogen-bond donors (Lipinski definition) is 2. The number of thiophene rings is 1. The van der Waals surface area contributed by atoms with Gasteiger partial charge in [0.05, 0.1) is 6.10 Å². The quantitative estimate of drug-likeness (QED) is 0.810. The summed E-state index contributed by atoms with van der Waals surface area (Å²) in [6, 6.07) is 2.14. The lowest BCUT2D eigenvalue weighted by atomic mass is 9.89. The van der Waals surface area contributed by atoms with Gasteiger partial charge >= 0.3 is 0 Å². The van der Waals surface area contributed by atoms with Gasteiger partial charge in [0.15, 0.2) is 0 Å². The molecular formula is C12H19NOS. The van der Waals surface area contributed by atoms with Crippen LogP contribution in [0.3, 0.4) is 0 Å². The molecule has 0 saturated carbocycles. The fourth-order valence-electron chi connectivity index (χ4n) is 2.35. The zero-order valence-corrected chi connectivity index (χ0v) is 10.2. The third-order valence-electron chi connectivity index (χ3n) is 3.18. The van der Waals surface area contributed by atoms with Crippen LogP contribution in [0.5, 0.6) is 0 Å². The number of aliphatic hydroxyl groups is 1. The summed E-state index contributed by atoms with van der Waals surface area (Å²) in [6.45, 7) is 6.26. The van der Waals surface area contributed by atoms with Crippen LogP contribution in [-0.2, 0) is 0 Å². The summed E-state index contributed by atoms with van der Waals surface area (Å²) in [5.41, 5.74) is 1.14. The van der Waals surface area contributed by atoms with Crippen LogP contribution in [0.1, 0.15) is 34.3 Å². The van der Waals surface area contributed by atoms with Crippen LogP contribution in [-0.4, -0.2) is 18.2 Å². The molecule has 0 spiro atoms. The SMILES string of the molecule is Cc1cc(C(O)C2CCCNC2)c(C)s1. The molecule has 0 bridgehead atoms. The van der Waals surface area contributed by atoms with Crippen LogP contribution in [0.15, 0.2) is 6.07 Å². The van der Waals surface area contributed by atoms with Crippen molar-refractivity contribution in [3.63, 3.8) is 0 Å². The zero-order valence-electron chi connectivity index (χ0n) is 9.42. The van der Waals surface area contributed by atoms with Crippen molar-refractivity contribution in [2.45, 2.75) is 32.8 Å². The standard InChI is InChI=1S/C12H19NOS/c1-8-6-11(9(2)15-8)12(14)10-4-3-5-13-7-10/h6,10,12-14H,3-5,7H2,1-2H3. The predicted molar refractivity (Wildman–Crippen MR) is 64.3 cm³/mol. The number of rotatable bonds is 2. The summed E-state index contributed by atoms with van der Waals surface area (Å²) >= 11 is 1.78. The largest absolute Gasteiger partial charge is 0.388 e. The molecule has 0 aliphatic carbocycles. The summed E-state index contributed by atoms with van der Waals surface area (Å²) in [5, 5.41) is 13.7. The van der Waals surface area contributed by atoms with Crippen LogP contribution in [0.25, 0.3) is 0 Å². The van der Waals surface area contributed by atoms with Gasteiger partial charge in [0.1, 0.15) is 0 Å². The molecule has 1 aromatic rings. The highest BCUT2D eigenvalue weighted by molar-refractivity contribution is 7.12. The smallest absolute Gasteiger partial charge is 0.0841 e. The minimum atomic E-state index is -0.275. The van der Waals surface area contributed by atoms with E-state index in [-0.39, 0.29) is 6.10 Å². The second-order valence-corrected chi connectivity index (χ2v) is 5.88. The molecule has 1 saturated heterocycles. The number of hydrogen-bond acceptors (Lipinski definition) is 3. The van der Waals surface area contributed by atoms with Gasteiger partial charge in [-0.3, -0.25) is 0 Å². The Labute approximate surface area is 95.3 Å². The molecule has 84 valence electrons. The third kappa shape index (κ3) is 2.41. The summed E-state index contributed by atoms with van der Waals surface area (Å²) in [7, 11) is 0. The average molecular weight is 225 g/mol. The van der Waals surface area contributed by atoms with Crippen molar-refractivity contribution in [2.75, 3.05) is 13.1 Å². The molecule has 15 heavy (non-hydrogen) atoms. The lowest BCUT2D eigenvalue weighted by Gasteiger charge is -2.27. The van der Waals surface area contributed by atoms with Crippen molar-refractivity contribution >= 4 is 11.3 Å². The monoisotopic (exact) mass is 225 g/mol. The van der Waals surface area contributed by atoms with E-state index >= 15 is 0 Å². The summed E-state index contributed by atoms with van der Waals surface area (Å²) in [6.07, 6.45) is 2.05. The molecule has 1 aliphatic heterocycles. The van der Waals surface area contributed by atoms with Gasteiger partial charge in [0.2, 0.25) is 0 Å². The molecule has 0 radical (unpaired) electrons. The van der Waals surface area contributed by atoms with Gasteiger partial charge in [-0.15, -0.1) is 11.3 Å². The third-order valence-corrected chi connectivity index (χ3v) is 4.16. The average Bonchev–Trinajstić information content (AvgIpc) is 2.58. The second-order valence-electron chi connectivity index (χ2n) is 4.42. The number of nitrogens with one attached hydrogen (secondary N) is 1. The van der Waals surface area contributed by atoms with E-state index in [2.05, 4.69) is 25.2 Å². The zero-order chi connectivity index (χ0) is 10.8. The molecule has 2 rings (SSSR count). The first-order valence-corrected chi connectivity index (χ1v) is 6.46. The molecule has 1 fully saturated rings. The van der Waals surface area contributed by atoms with Gasteiger partial charge in [-0.1, -0.05) is 0 Å². The molecule has 1 aliphatic rings. The number of aryl methyl sites for hydroxylation is 2. The maximum atomic E-state index is 10.3. The second kappa shape index (κ2) is 4.64. The van der Waals surface area contributed by atoms with Crippen molar-refractivity contribution in [3.05, 3.63) is 21.4 Å². The molecule has 0 amide bonds. The maximum Gasteiger partial charge on any atom is 0.0841 e. The first kappa shape index (κ1) is 11.1. The van der Waals surface area contributed by atoms with Gasteiger partial charge in [-0.2, -0.15) is 0 Å². The van der Waals surface area contributed by atoms with Crippen LogP contribution < -0.4 is 5.32 Å². The Bertz CT molecular complexity index is 328. The van der Waals surface area contributed by atoms with E-state index in [1.165, 1.54) is 16.2 Å².